The van der Waals surface area contributed by atoms with E-state index in [0.717, 1.165) is 46.5 Å². The van der Waals surface area contributed by atoms with Crippen molar-refractivity contribution < 1.29 is 10.7 Å². The third kappa shape index (κ3) is 4.32. The molecule has 30 heavy (non-hydrogen) atoms. The molecule has 1 aliphatic carbocycles. The molecule has 2 aromatic heterocycles. The standard InChI is InChI=1S/C22H25N7O/c1-15-12-24-22(26-18-6-8-19(28-30)9-7-18)27-21(15)17-13-25-29(14-17)20(10-11-23)16-4-2-3-5-16/h6-9,12-14,16,20,28,30H,2-5,10H2,1H3,(H,24,26,27)/p+1. The molecule has 0 radical (unpaired) electrons. The van der Waals surface area contributed by atoms with E-state index in [9.17, 15) is 5.26 Å². The summed E-state index contributed by atoms with van der Waals surface area (Å²) in [5, 5.41) is 26.1. The number of benzene rings is 1. The summed E-state index contributed by atoms with van der Waals surface area (Å²) < 4.78 is 1.95. The SMILES string of the molecule is Cc1cnc(Nc2ccc([NH2+]O)cc2)nc1-c1cnn(C(CC#N)C2CCCC2)c1. The molecular formula is C22H26N7O+. The summed E-state index contributed by atoms with van der Waals surface area (Å²) in [6, 6.07) is 9.78. The monoisotopic (exact) mass is 404 g/mol. The number of nitriles is 1. The number of nitrogens with one attached hydrogen (secondary N) is 1. The third-order valence-electron chi connectivity index (χ3n) is 5.75. The topological polar surface area (TPSA) is 116 Å². The lowest BCUT2D eigenvalue weighted by Gasteiger charge is -2.21. The maximum atomic E-state index is 9.30. The minimum absolute atomic E-state index is 0.118. The molecule has 1 aromatic carbocycles. The van der Waals surface area contributed by atoms with Gasteiger partial charge in [-0.2, -0.15) is 15.8 Å². The summed E-state index contributed by atoms with van der Waals surface area (Å²) >= 11 is 0. The minimum Gasteiger partial charge on any atom is -0.324 e. The summed E-state index contributed by atoms with van der Waals surface area (Å²) in [5.41, 5.74) is 5.33. The van der Waals surface area contributed by atoms with E-state index in [1.807, 2.05) is 36.1 Å². The molecule has 4 rings (SSSR count). The minimum atomic E-state index is 0.118. The molecule has 8 heteroatoms. The zero-order chi connectivity index (χ0) is 20.9. The van der Waals surface area contributed by atoms with Crippen molar-refractivity contribution in [1.82, 2.24) is 19.7 Å². The molecule has 1 fully saturated rings. The van der Waals surface area contributed by atoms with Gasteiger partial charge in [0.2, 0.25) is 5.95 Å². The molecule has 4 N–H and O–H groups in total. The summed E-state index contributed by atoms with van der Waals surface area (Å²) in [6.07, 6.45) is 10.9. The zero-order valence-electron chi connectivity index (χ0n) is 17.0. The van der Waals surface area contributed by atoms with Crippen molar-refractivity contribution in [3.63, 3.8) is 0 Å². The first kappa shape index (κ1) is 20.0. The number of nitrogens with two attached hydrogens (primary N) is 1. The maximum Gasteiger partial charge on any atom is 0.227 e. The van der Waals surface area contributed by atoms with Gasteiger partial charge in [0.15, 0.2) is 5.69 Å². The second-order valence-electron chi connectivity index (χ2n) is 7.78. The van der Waals surface area contributed by atoms with E-state index in [4.69, 9.17) is 10.2 Å². The molecular weight excluding hydrogens is 378 g/mol. The van der Waals surface area contributed by atoms with Crippen LogP contribution < -0.4 is 10.8 Å². The molecule has 1 aliphatic rings. The molecule has 0 aliphatic heterocycles. The smallest absolute Gasteiger partial charge is 0.227 e. The van der Waals surface area contributed by atoms with Gasteiger partial charge in [-0.1, -0.05) is 12.8 Å². The Balaban J connectivity index is 1.57. The van der Waals surface area contributed by atoms with Crippen molar-refractivity contribution in [3.05, 3.63) is 48.4 Å². The molecule has 3 aromatic rings. The first-order valence-electron chi connectivity index (χ1n) is 10.3. The Morgan fingerprint density at radius 2 is 2.03 bits per heavy atom. The molecule has 0 saturated heterocycles. The predicted molar refractivity (Wildman–Crippen MR) is 112 cm³/mol. The van der Waals surface area contributed by atoms with Crippen LogP contribution in [0.25, 0.3) is 11.3 Å². The second kappa shape index (κ2) is 9.03. The highest BCUT2D eigenvalue weighted by atomic mass is 16.5. The van der Waals surface area contributed by atoms with Gasteiger partial charge in [-0.15, -0.1) is 0 Å². The second-order valence-corrected chi connectivity index (χ2v) is 7.78. The number of nitrogens with zero attached hydrogens (tertiary/aromatic N) is 5. The molecule has 0 amide bonds. The van der Waals surface area contributed by atoms with E-state index in [1.54, 1.807) is 18.3 Å². The van der Waals surface area contributed by atoms with Gasteiger partial charge in [0.25, 0.3) is 0 Å². The van der Waals surface area contributed by atoms with Gasteiger partial charge in [-0.25, -0.2) is 15.2 Å². The lowest BCUT2D eigenvalue weighted by molar-refractivity contribution is -0.825. The Kier molecular flexibility index (Phi) is 6.02. The average molecular weight is 404 g/mol. The van der Waals surface area contributed by atoms with E-state index >= 15 is 0 Å². The fourth-order valence-corrected chi connectivity index (χ4v) is 4.13. The normalized spacial score (nSPS) is 15.1. The van der Waals surface area contributed by atoms with Crippen LogP contribution in [-0.4, -0.2) is 25.0 Å². The van der Waals surface area contributed by atoms with Crippen LogP contribution in [0.5, 0.6) is 0 Å². The molecule has 0 spiro atoms. The van der Waals surface area contributed by atoms with E-state index in [0.29, 0.717) is 18.3 Å². The summed E-state index contributed by atoms with van der Waals surface area (Å²) in [5.74, 6) is 1.01. The van der Waals surface area contributed by atoms with Crippen LogP contribution in [0.3, 0.4) is 0 Å². The van der Waals surface area contributed by atoms with Gasteiger partial charge in [0, 0.05) is 35.8 Å². The first-order chi connectivity index (χ1) is 14.7. The van der Waals surface area contributed by atoms with Crippen molar-refractivity contribution in [1.29, 1.82) is 5.26 Å². The number of quaternary nitrogens is 1. The van der Waals surface area contributed by atoms with Crippen molar-refractivity contribution in [2.45, 2.75) is 45.1 Å². The van der Waals surface area contributed by atoms with Gasteiger partial charge < -0.3 is 5.32 Å². The highest BCUT2D eigenvalue weighted by Gasteiger charge is 2.27. The van der Waals surface area contributed by atoms with Crippen LogP contribution in [0.2, 0.25) is 0 Å². The van der Waals surface area contributed by atoms with Crippen molar-refractivity contribution in [2.75, 3.05) is 5.32 Å². The Morgan fingerprint density at radius 1 is 1.27 bits per heavy atom. The number of aromatic nitrogens is 4. The first-order valence-corrected chi connectivity index (χ1v) is 10.3. The number of hydrogen-bond donors (Lipinski definition) is 3. The van der Waals surface area contributed by atoms with E-state index in [1.165, 1.54) is 12.8 Å². The van der Waals surface area contributed by atoms with Crippen LogP contribution >= 0.6 is 0 Å². The van der Waals surface area contributed by atoms with E-state index < -0.39 is 0 Å². The Labute approximate surface area is 175 Å². The predicted octanol–water partition coefficient (Wildman–Crippen LogP) is 3.62. The van der Waals surface area contributed by atoms with Crippen LogP contribution in [-0.2, 0) is 0 Å². The number of anilines is 2. The molecule has 1 saturated carbocycles. The summed E-state index contributed by atoms with van der Waals surface area (Å²) in [6.45, 7) is 1.98. The van der Waals surface area contributed by atoms with Crippen molar-refractivity contribution in [2.24, 2.45) is 5.92 Å². The highest BCUT2D eigenvalue weighted by molar-refractivity contribution is 5.64. The van der Waals surface area contributed by atoms with E-state index in [-0.39, 0.29) is 6.04 Å². The van der Waals surface area contributed by atoms with Gasteiger partial charge in [0.05, 0.1) is 30.4 Å². The van der Waals surface area contributed by atoms with E-state index in [2.05, 4.69) is 21.5 Å². The molecule has 8 nitrogen and oxygen atoms in total. The van der Waals surface area contributed by atoms with Crippen molar-refractivity contribution in [3.8, 4) is 17.3 Å². The Morgan fingerprint density at radius 3 is 2.73 bits per heavy atom. The maximum absolute atomic E-state index is 9.30. The number of hydrogen-bond acceptors (Lipinski definition) is 6. The fraction of sp³-hybridized carbons (Fsp3) is 0.364. The van der Waals surface area contributed by atoms with Gasteiger partial charge in [-0.3, -0.25) is 4.68 Å². The van der Waals surface area contributed by atoms with Gasteiger partial charge in [-0.05, 0) is 43.4 Å². The number of rotatable bonds is 7. The van der Waals surface area contributed by atoms with Crippen LogP contribution in [0, 0.1) is 24.2 Å². The van der Waals surface area contributed by atoms with Crippen LogP contribution in [0.4, 0.5) is 17.3 Å². The molecule has 1 atom stereocenters. The molecule has 1 unspecified atom stereocenters. The Bertz CT molecular complexity index is 1030. The van der Waals surface area contributed by atoms with Gasteiger partial charge >= 0.3 is 0 Å². The quantitative estimate of drug-likeness (QED) is 0.409. The largest absolute Gasteiger partial charge is 0.324 e. The third-order valence-corrected chi connectivity index (χ3v) is 5.75. The van der Waals surface area contributed by atoms with Gasteiger partial charge in [0.1, 0.15) is 0 Å². The van der Waals surface area contributed by atoms with Crippen LogP contribution in [0.15, 0.2) is 42.9 Å². The lowest BCUT2D eigenvalue weighted by Crippen LogP contribution is -2.73. The molecule has 0 bridgehead atoms. The summed E-state index contributed by atoms with van der Waals surface area (Å²) in [7, 11) is 0. The zero-order valence-corrected chi connectivity index (χ0v) is 17.0. The van der Waals surface area contributed by atoms with Crippen LogP contribution in [0.1, 0.15) is 43.7 Å². The number of aryl methyl sites for hydroxylation is 1. The molecule has 154 valence electrons. The molecule has 2 heterocycles. The lowest BCUT2D eigenvalue weighted by atomic mass is 9.96. The highest BCUT2D eigenvalue weighted by Crippen LogP contribution is 2.36. The average Bonchev–Trinajstić information content (AvgIpc) is 3.46. The fourth-order valence-electron chi connectivity index (χ4n) is 4.13. The van der Waals surface area contributed by atoms with Crippen molar-refractivity contribution >= 4 is 17.3 Å². The summed E-state index contributed by atoms with van der Waals surface area (Å²) in [4.78, 5) is 9.09. The Hall–Kier alpha value is -3.28.